The van der Waals surface area contributed by atoms with Gasteiger partial charge in [-0.05, 0) is 49.2 Å². The number of pyridine rings is 1. The monoisotopic (exact) mass is 338 g/mol. The van der Waals surface area contributed by atoms with E-state index >= 15 is 0 Å². The smallest absolute Gasteiger partial charge is 0.311 e. The number of aryl methyl sites for hydroxylation is 2. The Hall–Kier alpha value is -3.22. The zero-order chi connectivity index (χ0) is 18.0. The second-order valence-corrected chi connectivity index (χ2v) is 5.77. The summed E-state index contributed by atoms with van der Waals surface area (Å²) in [6.07, 6.45) is 1.65. The van der Waals surface area contributed by atoms with Gasteiger partial charge in [0.05, 0.1) is 24.9 Å². The van der Waals surface area contributed by atoms with Crippen molar-refractivity contribution >= 4 is 23.1 Å². The van der Waals surface area contributed by atoms with Crippen LogP contribution in [-0.4, -0.2) is 27.6 Å². The highest BCUT2D eigenvalue weighted by molar-refractivity contribution is 5.74. The van der Waals surface area contributed by atoms with Gasteiger partial charge in [0.1, 0.15) is 0 Å². The Labute approximate surface area is 144 Å². The molecule has 0 amide bonds. The summed E-state index contributed by atoms with van der Waals surface area (Å²) in [4.78, 5) is 16.0. The van der Waals surface area contributed by atoms with Crippen LogP contribution in [0.5, 0.6) is 5.75 Å². The molecule has 0 aliphatic rings. The molecular weight excluding hydrogens is 320 g/mol. The zero-order valence-corrected chi connectivity index (χ0v) is 14.2. The maximum absolute atomic E-state index is 11.7. The van der Waals surface area contributed by atoms with Crippen molar-refractivity contribution in [2.75, 3.05) is 7.11 Å². The number of hydrogen-bond acceptors (Lipinski definition) is 6. The van der Waals surface area contributed by atoms with Gasteiger partial charge in [-0.3, -0.25) is 9.20 Å². The average molecular weight is 338 g/mol. The van der Waals surface area contributed by atoms with Crippen LogP contribution in [-0.2, 0) is 16.0 Å². The van der Waals surface area contributed by atoms with Gasteiger partial charge in [-0.2, -0.15) is 0 Å². The number of carbonyl (C=O) groups excluding carboxylic acids is 1. The first-order valence-electron chi connectivity index (χ1n) is 7.73. The van der Waals surface area contributed by atoms with E-state index in [0.717, 1.165) is 11.1 Å². The van der Waals surface area contributed by atoms with Crippen LogP contribution < -0.4 is 0 Å². The molecule has 25 heavy (non-hydrogen) atoms. The number of aromatic hydroxyl groups is 1. The molecule has 128 valence electrons. The molecule has 1 N–H and O–H groups in total. The Balaban J connectivity index is 2.09. The molecule has 3 rings (SSSR count). The number of aromatic nitrogens is 2. The van der Waals surface area contributed by atoms with Crippen LogP contribution in [0.25, 0.3) is 5.65 Å². The van der Waals surface area contributed by atoms with Crippen LogP contribution in [0.3, 0.4) is 0 Å². The zero-order valence-electron chi connectivity index (χ0n) is 14.2. The molecule has 2 aromatic heterocycles. The topological polar surface area (TPSA) is 88.5 Å². The first kappa shape index (κ1) is 16.6. The summed E-state index contributed by atoms with van der Waals surface area (Å²) in [5.74, 6) is -0.0531. The normalized spacial score (nSPS) is 11.3. The minimum Gasteiger partial charge on any atom is -0.504 e. The molecule has 0 aliphatic heterocycles. The van der Waals surface area contributed by atoms with E-state index < -0.39 is 5.97 Å². The Morgan fingerprint density at radius 1 is 1.24 bits per heavy atom. The lowest BCUT2D eigenvalue weighted by Crippen LogP contribution is -2.04. The molecule has 0 saturated carbocycles. The molecule has 0 unspecified atom stereocenters. The third-order valence-corrected chi connectivity index (χ3v) is 3.68. The number of esters is 1. The van der Waals surface area contributed by atoms with E-state index in [1.807, 2.05) is 32.0 Å². The van der Waals surface area contributed by atoms with E-state index in [1.165, 1.54) is 13.2 Å². The van der Waals surface area contributed by atoms with Gasteiger partial charge in [0.25, 0.3) is 0 Å². The number of nitrogens with zero attached hydrogens (tertiary/aromatic N) is 4. The van der Waals surface area contributed by atoms with E-state index in [2.05, 4.69) is 15.2 Å². The number of hydrogen-bond donors (Lipinski definition) is 1. The van der Waals surface area contributed by atoms with Gasteiger partial charge in [0.2, 0.25) is 0 Å². The van der Waals surface area contributed by atoms with Gasteiger partial charge in [0, 0.05) is 6.20 Å². The van der Waals surface area contributed by atoms with Crippen LogP contribution in [0.2, 0.25) is 0 Å². The minimum absolute atomic E-state index is 0.00136. The van der Waals surface area contributed by atoms with Crippen LogP contribution >= 0.6 is 0 Å². The maximum Gasteiger partial charge on any atom is 0.311 e. The molecule has 3 aromatic rings. The highest BCUT2D eigenvalue weighted by Crippen LogP contribution is 2.29. The summed E-state index contributed by atoms with van der Waals surface area (Å²) < 4.78 is 6.30. The Kier molecular flexibility index (Phi) is 4.47. The molecule has 0 saturated heterocycles. The maximum atomic E-state index is 11.7. The molecule has 0 spiro atoms. The molecule has 0 bridgehead atoms. The van der Waals surface area contributed by atoms with Crippen molar-refractivity contribution in [2.24, 2.45) is 10.2 Å². The van der Waals surface area contributed by atoms with Crippen LogP contribution in [0, 0.1) is 13.8 Å². The molecule has 1 aromatic carbocycles. The summed E-state index contributed by atoms with van der Waals surface area (Å²) in [6, 6.07) is 9.07. The number of azo groups is 1. The number of fused-ring (bicyclic) bond motifs is 1. The largest absolute Gasteiger partial charge is 0.504 e. The SMILES string of the molecule is COC(=O)Cc1nc2c(O)cccn2c1N=Nc1cc(C)cc(C)c1. The second kappa shape index (κ2) is 6.72. The summed E-state index contributed by atoms with van der Waals surface area (Å²) in [5, 5.41) is 18.5. The first-order valence-corrected chi connectivity index (χ1v) is 7.73. The van der Waals surface area contributed by atoms with Crippen molar-refractivity contribution in [1.29, 1.82) is 0 Å². The fourth-order valence-electron chi connectivity index (χ4n) is 2.63. The highest BCUT2D eigenvalue weighted by atomic mass is 16.5. The van der Waals surface area contributed by atoms with Crippen LogP contribution in [0.15, 0.2) is 46.8 Å². The molecule has 0 aliphatic carbocycles. The summed E-state index contributed by atoms with van der Waals surface area (Å²) >= 11 is 0. The third-order valence-electron chi connectivity index (χ3n) is 3.68. The van der Waals surface area contributed by atoms with Crippen LogP contribution in [0.4, 0.5) is 11.5 Å². The summed E-state index contributed by atoms with van der Waals surface area (Å²) in [5.41, 5.74) is 3.58. The van der Waals surface area contributed by atoms with Crippen molar-refractivity contribution in [1.82, 2.24) is 9.38 Å². The van der Waals surface area contributed by atoms with Crippen LogP contribution in [0.1, 0.15) is 16.8 Å². The molecule has 0 atom stereocenters. The predicted molar refractivity (Wildman–Crippen MR) is 92.7 cm³/mol. The molecular formula is C18H18N4O3. The summed E-state index contributed by atoms with van der Waals surface area (Å²) in [7, 11) is 1.31. The second-order valence-electron chi connectivity index (χ2n) is 5.77. The van der Waals surface area contributed by atoms with Crippen molar-refractivity contribution in [3.63, 3.8) is 0 Å². The van der Waals surface area contributed by atoms with E-state index in [1.54, 1.807) is 16.7 Å². The number of imidazole rings is 1. The lowest BCUT2D eigenvalue weighted by atomic mass is 10.1. The lowest BCUT2D eigenvalue weighted by Gasteiger charge is -2.01. The van der Waals surface area contributed by atoms with Gasteiger partial charge in [-0.15, -0.1) is 10.2 Å². The number of carbonyl (C=O) groups is 1. The molecule has 2 heterocycles. The highest BCUT2D eigenvalue weighted by Gasteiger charge is 2.17. The summed E-state index contributed by atoms with van der Waals surface area (Å²) in [6.45, 7) is 3.97. The Morgan fingerprint density at radius 3 is 2.64 bits per heavy atom. The van der Waals surface area contributed by atoms with Crippen molar-refractivity contribution in [3.05, 3.63) is 53.3 Å². The minimum atomic E-state index is -0.439. The molecule has 7 nitrogen and oxygen atoms in total. The third kappa shape index (κ3) is 3.50. The van der Waals surface area contributed by atoms with Gasteiger partial charge < -0.3 is 9.84 Å². The average Bonchev–Trinajstić information content (AvgIpc) is 2.90. The van der Waals surface area contributed by atoms with E-state index in [-0.39, 0.29) is 12.2 Å². The number of rotatable bonds is 4. The fourth-order valence-corrected chi connectivity index (χ4v) is 2.63. The predicted octanol–water partition coefficient (Wildman–Crippen LogP) is 3.79. The van der Waals surface area contributed by atoms with E-state index in [4.69, 9.17) is 4.74 Å². The van der Waals surface area contributed by atoms with Gasteiger partial charge >= 0.3 is 5.97 Å². The number of methoxy groups -OCH3 is 1. The van der Waals surface area contributed by atoms with E-state index in [9.17, 15) is 9.90 Å². The van der Waals surface area contributed by atoms with Gasteiger partial charge in [-0.1, -0.05) is 6.07 Å². The van der Waals surface area contributed by atoms with Crippen molar-refractivity contribution < 1.29 is 14.6 Å². The number of benzene rings is 1. The quantitative estimate of drug-likeness (QED) is 0.579. The van der Waals surface area contributed by atoms with Crippen molar-refractivity contribution in [3.8, 4) is 5.75 Å². The Morgan fingerprint density at radius 2 is 1.96 bits per heavy atom. The van der Waals surface area contributed by atoms with Crippen molar-refractivity contribution in [2.45, 2.75) is 20.3 Å². The van der Waals surface area contributed by atoms with Gasteiger partial charge in [-0.25, -0.2) is 4.98 Å². The standard InChI is InChI=1S/C18H18N4O3/c1-11-7-12(2)9-13(8-11)20-21-17-14(10-16(24)25-3)19-18-15(23)5-4-6-22(17)18/h4-9,23H,10H2,1-3H3. The molecule has 7 heteroatoms. The number of ether oxygens (including phenoxy) is 1. The molecule has 0 fully saturated rings. The first-order chi connectivity index (χ1) is 12.0. The fraction of sp³-hybridized carbons (Fsp3) is 0.222. The lowest BCUT2D eigenvalue weighted by molar-refractivity contribution is -0.139. The molecule has 0 radical (unpaired) electrons. The Bertz CT molecular complexity index is 956. The van der Waals surface area contributed by atoms with E-state index in [0.29, 0.717) is 22.8 Å². The van der Waals surface area contributed by atoms with Gasteiger partial charge in [0.15, 0.2) is 17.2 Å².